The van der Waals surface area contributed by atoms with Crippen molar-refractivity contribution in [3.63, 3.8) is 0 Å². The van der Waals surface area contributed by atoms with Crippen molar-refractivity contribution in [1.29, 1.82) is 0 Å². The highest BCUT2D eigenvalue weighted by atomic mass is 14.3. The second-order valence-corrected chi connectivity index (χ2v) is 9.16. The van der Waals surface area contributed by atoms with Crippen LogP contribution in [-0.4, -0.2) is 0 Å². The van der Waals surface area contributed by atoms with Crippen molar-refractivity contribution >= 4 is 32.7 Å². The molecule has 0 saturated carbocycles. The molecule has 3 aliphatic carbocycles. The van der Waals surface area contributed by atoms with E-state index in [-0.39, 0.29) is 0 Å². The van der Waals surface area contributed by atoms with Crippen molar-refractivity contribution in [3.05, 3.63) is 106 Å². The molecule has 0 spiro atoms. The minimum absolute atomic E-state index is 1.16. The molecular formula is C30H24. The molecule has 4 aromatic rings. The smallest absolute Gasteiger partial charge is 0.00547 e. The van der Waals surface area contributed by atoms with Gasteiger partial charge in [-0.2, -0.15) is 0 Å². The van der Waals surface area contributed by atoms with Gasteiger partial charge in [-0.3, -0.25) is 0 Å². The van der Waals surface area contributed by atoms with Crippen LogP contribution >= 0.6 is 0 Å². The Bertz CT molecular complexity index is 1320. The fraction of sp³-hybridized carbons (Fsp3) is 0.200. The lowest BCUT2D eigenvalue weighted by atomic mass is 9.87. The minimum atomic E-state index is 1.16. The predicted molar refractivity (Wildman–Crippen MR) is 128 cm³/mol. The van der Waals surface area contributed by atoms with Crippen LogP contribution in [0, 0.1) is 0 Å². The highest BCUT2D eigenvalue weighted by molar-refractivity contribution is 6.00. The summed E-state index contributed by atoms with van der Waals surface area (Å²) in [7, 11) is 0. The third-order valence-corrected chi connectivity index (χ3v) is 7.65. The lowest BCUT2D eigenvalue weighted by molar-refractivity contribution is 0.860. The molecule has 4 aromatic carbocycles. The number of fused-ring (bicyclic) bond motifs is 8. The average Bonchev–Trinajstić information content (AvgIpc) is 3.32. The monoisotopic (exact) mass is 384 g/mol. The van der Waals surface area contributed by atoms with Crippen LogP contribution in [0.3, 0.4) is 0 Å². The van der Waals surface area contributed by atoms with Crippen LogP contribution in [-0.2, 0) is 12.8 Å². The van der Waals surface area contributed by atoms with Crippen molar-refractivity contribution in [2.24, 2.45) is 0 Å². The van der Waals surface area contributed by atoms with E-state index in [2.05, 4.69) is 72.8 Å². The van der Waals surface area contributed by atoms with Crippen LogP contribution in [0.5, 0.6) is 0 Å². The van der Waals surface area contributed by atoms with E-state index in [0.717, 1.165) is 12.8 Å². The second-order valence-electron chi connectivity index (χ2n) is 9.16. The van der Waals surface area contributed by atoms with E-state index in [1.54, 1.807) is 44.5 Å². The zero-order valence-electron chi connectivity index (χ0n) is 17.2. The maximum absolute atomic E-state index is 2.38. The van der Waals surface area contributed by atoms with Crippen LogP contribution in [0.2, 0.25) is 0 Å². The minimum Gasteiger partial charge on any atom is -0.0616 e. The Morgan fingerprint density at radius 1 is 0.433 bits per heavy atom. The first-order valence-corrected chi connectivity index (χ1v) is 11.3. The Hall–Kier alpha value is -3.12. The molecule has 30 heavy (non-hydrogen) atoms. The van der Waals surface area contributed by atoms with Gasteiger partial charge in [0.05, 0.1) is 0 Å². The van der Waals surface area contributed by atoms with Gasteiger partial charge < -0.3 is 0 Å². The fourth-order valence-electron chi connectivity index (χ4n) is 6.30. The molecule has 0 nitrogen and oxygen atoms in total. The first-order chi connectivity index (χ1) is 14.9. The molecule has 144 valence electrons. The van der Waals surface area contributed by atoms with Crippen LogP contribution in [0.25, 0.3) is 32.7 Å². The second kappa shape index (κ2) is 6.19. The molecule has 0 bridgehead atoms. The molecule has 3 aliphatic rings. The zero-order valence-corrected chi connectivity index (χ0v) is 17.2. The molecule has 0 aliphatic heterocycles. The van der Waals surface area contributed by atoms with E-state index in [0.29, 0.717) is 0 Å². The van der Waals surface area contributed by atoms with Gasteiger partial charge in [-0.15, -0.1) is 0 Å². The van der Waals surface area contributed by atoms with Crippen molar-refractivity contribution in [3.8, 4) is 0 Å². The summed E-state index contributed by atoms with van der Waals surface area (Å²) in [6.07, 6.45) is 7.13. The summed E-state index contributed by atoms with van der Waals surface area (Å²) < 4.78 is 0. The SMILES string of the molecule is c1ccc2c3c(ccc2c1)CC1=C3CCC2=C(CC1)Cc1ccc3ccccc3c12. The number of rotatable bonds is 0. The van der Waals surface area contributed by atoms with E-state index < -0.39 is 0 Å². The van der Waals surface area contributed by atoms with Crippen LogP contribution < -0.4 is 0 Å². The normalized spacial score (nSPS) is 17.6. The van der Waals surface area contributed by atoms with Gasteiger partial charge in [-0.05, 0) is 93.5 Å². The van der Waals surface area contributed by atoms with Gasteiger partial charge in [0.1, 0.15) is 0 Å². The lowest BCUT2D eigenvalue weighted by Crippen LogP contribution is -1.97. The largest absolute Gasteiger partial charge is 0.0616 e. The fourth-order valence-corrected chi connectivity index (χ4v) is 6.30. The van der Waals surface area contributed by atoms with Crippen molar-refractivity contribution in [2.45, 2.75) is 38.5 Å². The van der Waals surface area contributed by atoms with Gasteiger partial charge in [0.15, 0.2) is 0 Å². The zero-order chi connectivity index (χ0) is 19.7. The summed E-state index contributed by atoms with van der Waals surface area (Å²) in [5.74, 6) is 0. The number of benzene rings is 4. The maximum Gasteiger partial charge on any atom is -0.00547 e. The molecular weight excluding hydrogens is 360 g/mol. The standard InChI is InChI=1S/C30H24/c1-3-7-25-19(5-1)9-13-23-17-21-11-12-22-18-24-14-10-20-6-2-4-8-26(20)30(24)28(22)16-15-27(21)29(23)25/h1-10,13-14H,11-12,15-18H2. The van der Waals surface area contributed by atoms with Crippen molar-refractivity contribution in [2.75, 3.05) is 0 Å². The molecule has 0 heterocycles. The van der Waals surface area contributed by atoms with Crippen molar-refractivity contribution < 1.29 is 0 Å². The van der Waals surface area contributed by atoms with Crippen LogP contribution in [0.4, 0.5) is 0 Å². The summed E-state index contributed by atoms with van der Waals surface area (Å²) in [6.45, 7) is 0. The van der Waals surface area contributed by atoms with E-state index in [4.69, 9.17) is 0 Å². The molecule has 0 aromatic heterocycles. The van der Waals surface area contributed by atoms with Gasteiger partial charge in [0, 0.05) is 0 Å². The highest BCUT2D eigenvalue weighted by Gasteiger charge is 2.29. The van der Waals surface area contributed by atoms with E-state index >= 15 is 0 Å². The first-order valence-electron chi connectivity index (χ1n) is 11.3. The third kappa shape index (κ3) is 2.28. The van der Waals surface area contributed by atoms with Gasteiger partial charge >= 0.3 is 0 Å². The van der Waals surface area contributed by atoms with E-state index in [1.165, 1.54) is 47.2 Å². The summed E-state index contributed by atoms with van der Waals surface area (Å²) >= 11 is 0. The maximum atomic E-state index is 2.38. The average molecular weight is 385 g/mol. The van der Waals surface area contributed by atoms with Gasteiger partial charge in [-0.1, -0.05) is 83.9 Å². The molecule has 0 heteroatoms. The molecule has 0 fully saturated rings. The van der Waals surface area contributed by atoms with Crippen LogP contribution in [0.1, 0.15) is 47.9 Å². The summed E-state index contributed by atoms with van der Waals surface area (Å²) in [5, 5.41) is 5.66. The molecule has 0 unspecified atom stereocenters. The number of hydrogen-bond acceptors (Lipinski definition) is 0. The third-order valence-electron chi connectivity index (χ3n) is 7.65. The van der Waals surface area contributed by atoms with Gasteiger partial charge in [-0.25, -0.2) is 0 Å². The Balaban J connectivity index is 1.34. The first kappa shape index (κ1) is 16.7. The Kier molecular flexibility index (Phi) is 3.44. The van der Waals surface area contributed by atoms with E-state index in [9.17, 15) is 0 Å². The highest BCUT2D eigenvalue weighted by Crippen LogP contribution is 2.49. The Labute approximate surface area is 177 Å². The van der Waals surface area contributed by atoms with Crippen molar-refractivity contribution in [1.82, 2.24) is 0 Å². The molecule has 0 saturated heterocycles. The van der Waals surface area contributed by atoms with Gasteiger partial charge in [0.2, 0.25) is 0 Å². The molecule has 7 rings (SSSR count). The summed E-state index contributed by atoms with van der Waals surface area (Å²) in [5.41, 5.74) is 12.9. The Morgan fingerprint density at radius 3 is 1.40 bits per heavy atom. The molecule has 0 atom stereocenters. The number of allylic oxidation sites excluding steroid dienone is 4. The quantitative estimate of drug-likeness (QED) is 0.289. The summed E-state index contributed by atoms with van der Waals surface area (Å²) in [4.78, 5) is 0. The molecule has 0 amide bonds. The van der Waals surface area contributed by atoms with Gasteiger partial charge in [0.25, 0.3) is 0 Å². The number of hydrogen-bond donors (Lipinski definition) is 0. The Morgan fingerprint density at radius 2 is 0.900 bits per heavy atom. The topological polar surface area (TPSA) is 0 Å². The van der Waals surface area contributed by atoms with Crippen LogP contribution in [0.15, 0.2) is 83.9 Å². The molecule has 0 N–H and O–H groups in total. The predicted octanol–water partition coefficient (Wildman–Crippen LogP) is 7.89. The molecule has 0 radical (unpaired) electrons. The lowest BCUT2D eigenvalue weighted by Gasteiger charge is -2.18. The summed E-state index contributed by atoms with van der Waals surface area (Å²) in [6, 6.07) is 27.3. The van der Waals surface area contributed by atoms with E-state index in [1.807, 2.05) is 0 Å².